The summed E-state index contributed by atoms with van der Waals surface area (Å²) in [6, 6.07) is 20.2. The lowest BCUT2D eigenvalue weighted by atomic mass is 10.1. The predicted octanol–water partition coefficient (Wildman–Crippen LogP) is 3.65. The number of benzene rings is 2. The van der Waals surface area contributed by atoms with E-state index in [0.717, 1.165) is 28.1 Å². The maximum Gasteiger partial charge on any atom is 0.277 e. The normalized spacial score (nSPS) is 10.8. The van der Waals surface area contributed by atoms with Crippen LogP contribution in [0.4, 0.5) is 5.82 Å². The first-order valence-corrected chi connectivity index (χ1v) is 9.98. The summed E-state index contributed by atoms with van der Waals surface area (Å²) in [5.41, 5.74) is 4.67. The molecular weight excluding hydrogens is 390 g/mol. The molecule has 0 aliphatic carbocycles. The van der Waals surface area contributed by atoms with Gasteiger partial charge in [0.2, 0.25) is 0 Å². The molecule has 0 fully saturated rings. The summed E-state index contributed by atoms with van der Waals surface area (Å²) in [6.07, 6.45) is 0. The van der Waals surface area contributed by atoms with Crippen molar-refractivity contribution in [3.05, 3.63) is 105 Å². The van der Waals surface area contributed by atoms with E-state index in [-0.39, 0.29) is 11.3 Å². The molecule has 4 rings (SSSR count). The van der Waals surface area contributed by atoms with Gasteiger partial charge in [-0.05, 0) is 55.7 Å². The highest BCUT2D eigenvalue weighted by Gasteiger charge is 2.15. The molecule has 31 heavy (non-hydrogen) atoms. The highest BCUT2D eigenvalue weighted by atomic mass is 16.2. The van der Waals surface area contributed by atoms with E-state index in [4.69, 9.17) is 0 Å². The molecule has 0 bridgehead atoms. The predicted molar refractivity (Wildman–Crippen MR) is 120 cm³/mol. The molecule has 2 heterocycles. The molecule has 0 aliphatic heterocycles. The first-order valence-electron chi connectivity index (χ1n) is 9.98. The van der Waals surface area contributed by atoms with E-state index in [2.05, 4.69) is 21.6 Å². The van der Waals surface area contributed by atoms with Crippen LogP contribution >= 0.6 is 0 Å². The van der Waals surface area contributed by atoms with Crippen LogP contribution in [-0.4, -0.2) is 25.5 Å². The molecule has 0 atom stereocenters. The molecule has 7 nitrogen and oxygen atoms in total. The zero-order valence-corrected chi connectivity index (χ0v) is 17.7. The summed E-state index contributed by atoms with van der Waals surface area (Å²) in [6.45, 7) is 6.20. The number of anilines is 1. The standard InChI is InChI=1S/C24H23N5O2/c1-16-11-17(2)13-20(12-16)29-22(14-18(3)26-29)25-24(31)21-9-10-23(30)28(27-21)15-19-7-5-4-6-8-19/h4-14H,15H2,1-3H3,(H,25,31). The van der Waals surface area contributed by atoms with Crippen LogP contribution < -0.4 is 10.9 Å². The molecule has 0 radical (unpaired) electrons. The van der Waals surface area contributed by atoms with Crippen LogP contribution in [0.5, 0.6) is 0 Å². The van der Waals surface area contributed by atoms with Crippen LogP contribution in [0.3, 0.4) is 0 Å². The van der Waals surface area contributed by atoms with Crippen LogP contribution in [0.15, 0.2) is 71.5 Å². The van der Waals surface area contributed by atoms with E-state index in [1.807, 2.05) is 63.2 Å². The number of hydrogen-bond donors (Lipinski definition) is 1. The van der Waals surface area contributed by atoms with E-state index in [9.17, 15) is 9.59 Å². The zero-order valence-electron chi connectivity index (χ0n) is 17.7. The van der Waals surface area contributed by atoms with Gasteiger partial charge in [-0.25, -0.2) is 9.36 Å². The fourth-order valence-electron chi connectivity index (χ4n) is 3.48. The van der Waals surface area contributed by atoms with Gasteiger partial charge >= 0.3 is 0 Å². The van der Waals surface area contributed by atoms with Gasteiger partial charge in [-0.15, -0.1) is 0 Å². The molecular formula is C24H23N5O2. The molecule has 4 aromatic rings. The summed E-state index contributed by atoms with van der Waals surface area (Å²) >= 11 is 0. The van der Waals surface area contributed by atoms with Crippen LogP contribution in [0, 0.1) is 20.8 Å². The van der Waals surface area contributed by atoms with Gasteiger partial charge in [-0.3, -0.25) is 9.59 Å². The number of hydrogen-bond acceptors (Lipinski definition) is 4. The maximum absolute atomic E-state index is 12.9. The van der Waals surface area contributed by atoms with E-state index < -0.39 is 5.91 Å². The molecule has 156 valence electrons. The minimum Gasteiger partial charge on any atom is -0.305 e. The lowest BCUT2D eigenvalue weighted by Crippen LogP contribution is -2.27. The number of nitrogens with one attached hydrogen (secondary N) is 1. The van der Waals surface area contributed by atoms with Crippen molar-refractivity contribution in [3.63, 3.8) is 0 Å². The van der Waals surface area contributed by atoms with Crippen LogP contribution in [-0.2, 0) is 6.54 Å². The number of carbonyl (C=O) groups excluding carboxylic acids is 1. The van der Waals surface area contributed by atoms with Gasteiger partial charge in [0.15, 0.2) is 0 Å². The first-order chi connectivity index (χ1) is 14.9. The smallest absolute Gasteiger partial charge is 0.277 e. The molecule has 0 saturated heterocycles. The highest BCUT2D eigenvalue weighted by molar-refractivity contribution is 6.02. The highest BCUT2D eigenvalue weighted by Crippen LogP contribution is 2.20. The van der Waals surface area contributed by atoms with Crippen molar-refractivity contribution in [2.45, 2.75) is 27.3 Å². The van der Waals surface area contributed by atoms with Crippen molar-refractivity contribution in [1.82, 2.24) is 19.6 Å². The minimum atomic E-state index is -0.410. The second-order valence-corrected chi connectivity index (χ2v) is 7.58. The van der Waals surface area contributed by atoms with Gasteiger partial charge in [0.1, 0.15) is 11.5 Å². The Labute approximate surface area is 180 Å². The molecule has 2 aromatic heterocycles. The van der Waals surface area contributed by atoms with Crippen LogP contribution in [0.1, 0.15) is 32.9 Å². The van der Waals surface area contributed by atoms with Crippen LogP contribution in [0.25, 0.3) is 5.69 Å². The van der Waals surface area contributed by atoms with E-state index in [1.54, 1.807) is 10.7 Å². The number of aromatic nitrogens is 4. The SMILES string of the molecule is Cc1cc(C)cc(-n2nc(C)cc2NC(=O)c2ccc(=O)n(Cc3ccccc3)n2)c1. The Hall–Kier alpha value is -4.00. The van der Waals surface area contributed by atoms with Gasteiger partial charge in [0.05, 0.1) is 17.9 Å². The average molecular weight is 413 g/mol. The molecule has 0 spiro atoms. The van der Waals surface area contributed by atoms with Crippen molar-refractivity contribution in [2.75, 3.05) is 5.32 Å². The van der Waals surface area contributed by atoms with Gasteiger partial charge in [-0.1, -0.05) is 36.4 Å². The second kappa shape index (κ2) is 8.39. The monoisotopic (exact) mass is 413 g/mol. The Bertz CT molecular complexity index is 1290. The van der Waals surface area contributed by atoms with Crippen molar-refractivity contribution in [1.29, 1.82) is 0 Å². The fraction of sp³-hybridized carbons (Fsp3) is 0.167. The second-order valence-electron chi connectivity index (χ2n) is 7.58. The van der Waals surface area contributed by atoms with Crippen molar-refractivity contribution in [3.8, 4) is 5.69 Å². The number of carbonyl (C=O) groups is 1. The zero-order chi connectivity index (χ0) is 22.0. The van der Waals surface area contributed by atoms with E-state index in [0.29, 0.717) is 12.4 Å². The Morgan fingerprint density at radius 2 is 1.61 bits per heavy atom. The fourth-order valence-corrected chi connectivity index (χ4v) is 3.48. The Balaban J connectivity index is 1.62. The van der Waals surface area contributed by atoms with Crippen LogP contribution in [0.2, 0.25) is 0 Å². The molecule has 1 amide bonds. The molecule has 0 unspecified atom stereocenters. The summed E-state index contributed by atoms with van der Waals surface area (Å²) in [7, 11) is 0. The third-order valence-corrected chi connectivity index (χ3v) is 4.80. The van der Waals surface area contributed by atoms with Crippen molar-refractivity contribution >= 4 is 11.7 Å². The summed E-state index contributed by atoms with van der Waals surface area (Å²) in [5.74, 6) is 0.127. The van der Waals surface area contributed by atoms with E-state index >= 15 is 0 Å². The minimum absolute atomic E-state index is 0.154. The average Bonchev–Trinajstić information content (AvgIpc) is 3.09. The summed E-state index contributed by atoms with van der Waals surface area (Å²) < 4.78 is 2.99. The Morgan fingerprint density at radius 1 is 0.903 bits per heavy atom. The number of amides is 1. The molecule has 1 N–H and O–H groups in total. The molecule has 2 aromatic carbocycles. The number of aryl methyl sites for hydroxylation is 3. The van der Waals surface area contributed by atoms with Gasteiger partial charge in [0.25, 0.3) is 11.5 Å². The van der Waals surface area contributed by atoms with Crippen molar-refractivity contribution < 1.29 is 4.79 Å². The summed E-state index contributed by atoms with van der Waals surface area (Å²) in [5, 5.41) is 11.7. The van der Waals surface area contributed by atoms with Gasteiger partial charge < -0.3 is 5.32 Å². The summed E-state index contributed by atoms with van der Waals surface area (Å²) in [4.78, 5) is 25.1. The van der Waals surface area contributed by atoms with Gasteiger partial charge in [-0.2, -0.15) is 10.2 Å². The van der Waals surface area contributed by atoms with Gasteiger partial charge in [0, 0.05) is 12.1 Å². The Kier molecular flexibility index (Phi) is 5.49. The third kappa shape index (κ3) is 4.61. The van der Waals surface area contributed by atoms with E-state index in [1.165, 1.54) is 16.8 Å². The number of nitrogens with zero attached hydrogens (tertiary/aromatic N) is 4. The number of rotatable bonds is 5. The molecule has 7 heteroatoms. The topological polar surface area (TPSA) is 81.8 Å². The van der Waals surface area contributed by atoms with Crippen molar-refractivity contribution in [2.24, 2.45) is 0 Å². The molecule has 0 saturated carbocycles. The molecule has 0 aliphatic rings. The largest absolute Gasteiger partial charge is 0.305 e. The Morgan fingerprint density at radius 3 is 2.32 bits per heavy atom. The first kappa shape index (κ1) is 20.3. The maximum atomic E-state index is 12.9. The lowest BCUT2D eigenvalue weighted by molar-refractivity contribution is 0.101. The lowest BCUT2D eigenvalue weighted by Gasteiger charge is -2.11. The quantitative estimate of drug-likeness (QED) is 0.541. The third-order valence-electron chi connectivity index (χ3n) is 4.80.